The van der Waals surface area contributed by atoms with E-state index < -0.39 is 6.10 Å². The molecule has 20 heavy (non-hydrogen) atoms. The summed E-state index contributed by atoms with van der Waals surface area (Å²) in [5.74, 6) is -0.00886. The van der Waals surface area contributed by atoms with E-state index in [9.17, 15) is 9.90 Å². The average Bonchev–Trinajstić information content (AvgIpc) is 2.86. The van der Waals surface area contributed by atoms with Gasteiger partial charge >= 0.3 is 0 Å². The Morgan fingerprint density at radius 2 is 2.20 bits per heavy atom. The lowest BCUT2D eigenvalue weighted by Gasteiger charge is -2.10. The second-order valence-corrected chi connectivity index (χ2v) is 5.11. The smallest absolute Gasteiger partial charge is 0.220 e. The summed E-state index contributed by atoms with van der Waals surface area (Å²) >= 11 is 0. The van der Waals surface area contributed by atoms with Crippen LogP contribution >= 0.6 is 0 Å². The summed E-state index contributed by atoms with van der Waals surface area (Å²) in [4.78, 5) is 15.0. The summed E-state index contributed by atoms with van der Waals surface area (Å²) in [5, 5.41) is 13.5. The van der Waals surface area contributed by atoms with Crippen molar-refractivity contribution in [1.82, 2.24) is 10.3 Å². The maximum absolute atomic E-state index is 11.8. The normalized spacial score (nSPS) is 12.5. The molecule has 3 N–H and O–H groups in total. The van der Waals surface area contributed by atoms with Crippen molar-refractivity contribution in [2.75, 3.05) is 6.54 Å². The van der Waals surface area contributed by atoms with Gasteiger partial charge in [-0.2, -0.15) is 0 Å². The van der Waals surface area contributed by atoms with Gasteiger partial charge in [-0.25, -0.2) is 0 Å². The number of para-hydroxylation sites is 1. The molecule has 2 aromatic rings. The number of H-pyrrole nitrogens is 1. The van der Waals surface area contributed by atoms with Crippen molar-refractivity contribution in [1.29, 1.82) is 0 Å². The number of fused-ring (bicyclic) bond motifs is 1. The minimum atomic E-state index is -0.433. The van der Waals surface area contributed by atoms with E-state index in [0.29, 0.717) is 19.4 Å². The van der Waals surface area contributed by atoms with Gasteiger partial charge in [0.15, 0.2) is 0 Å². The number of amides is 1. The summed E-state index contributed by atoms with van der Waals surface area (Å²) in [6, 6.07) is 8.08. The molecule has 1 heterocycles. The highest BCUT2D eigenvalue weighted by Crippen LogP contribution is 2.18. The van der Waals surface area contributed by atoms with Gasteiger partial charge in [-0.3, -0.25) is 4.79 Å². The summed E-state index contributed by atoms with van der Waals surface area (Å²) < 4.78 is 0. The maximum Gasteiger partial charge on any atom is 0.220 e. The maximum atomic E-state index is 11.8. The third-order valence-electron chi connectivity index (χ3n) is 3.45. The van der Waals surface area contributed by atoms with E-state index in [-0.39, 0.29) is 5.91 Å². The lowest BCUT2D eigenvalue weighted by molar-refractivity contribution is -0.121. The van der Waals surface area contributed by atoms with Crippen molar-refractivity contribution in [3.63, 3.8) is 0 Å². The topological polar surface area (TPSA) is 65.1 Å². The fraction of sp³-hybridized carbons (Fsp3) is 0.438. The van der Waals surface area contributed by atoms with Crippen molar-refractivity contribution in [2.45, 2.75) is 38.7 Å². The van der Waals surface area contributed by atoms with Crippen LogP contribution in [0.4, 0.5) is 0 Å². The molecule has 0 saturated heterocycles. The molecule has 1 amide bonds. The fourth-order valence-electron chi connectivity index (χ4n) is 2.34. The van der Waals surface area contributed by atoms with E-state index in [1.165, 1.54) is 5.39 Å². The minimum absolute atomic E-state index is 0.00886. The summed E-state index contributed by atoms with van der Waals surface area (Å²) in [5.41, 5.74) is 2.26. The minimum Gasteiger partial charge on any atom is -0.391 e. The van der Waals surface area contributed by atoms with Crippen LogP contribution in [0.25, 0.3) is 10.9 Å². The van der Waals surface area contributed by atoms with Crippen molar-refractivity contribution >= 4 is 16.8 Å². The third-order valence-corrected chi connectivity index (χ3v) is 3.45. The predicted octanol–water partition coefficient (Wildman–Crippen LogP) is 2.38. The van der Waals surface area contributed by atoms with Crippen LogP contribution in [0.2, 0.25) is 0 Å². The first-order chi connectivity index (χ1) is 9.70. The molecule has 4 heteroatoms. The SMILES string of the molecule is CCCC(O)CNC(=O)CCc1c[nH]c2ccccc12. The highest BCUT2D eigenvalue weighted by atomic mass is 16.3. The average molecular weight is 274 g/mol. The number of benzene rings is 1. The van der Waals surface area contributed by atoms with Gasteiger partial charge in [0.25, 0.3) is 0 Å². The van der Waals surface area contributed by atoms with Crippen LogP contribution in [0.5, 0.6) is 0 Å². The van der Waals surface area contributed by atoms with Gasteiger partial charge in [0.2, 0.25) is 5.91 Å². The molecule has 1 unspecified atom stereocenters. The first-order valence-corrected chi connectivity index (χ1v) is 7.20. The van der Waals surface area contributed by atoms with Crippen LogP contribution in [0, 0.1) is 0 Å². The molecule has 1 aromatic carbocycles. The number of hydrogen-bond donors (Lipinski definition) is 3. The summed E-state index contributed by atoms with van der Waals surface area (Å²) in [6.45, 7) is 2.36. The van der Waals surface area contributed by atoms with E-state index in [0.717, 1.165) is 23.9 Å². The molecule has 1 atom stereocenters. The van der Waals surface area contributed by atoms with Crippen LogP contribution in [0.3, 0.4) is 0 Å². The number of hydrogen-bond acceptors (Lipinski definition) is 2. The lowest BCUT2D eigenvalue weighted by atomic mass is 10.1. The number of aromatic amines is 1. The molecule has 108 valence electrons. The lowest BCUT2D eigenvalue weighted by Crippen LogP contribution is -2.32. The van der Waals surface area contributed by atoms with E-state index in [4.69, 9.17) is 0 Å². The van der Waals surface area contributed by atoms with Crippen LogP contribution in [0.1, 0.15) is 31.7 Å². The Kier molecular flexibility index (Phi) is 5.18. The van der Waals surface area contributed by atoms with Gasteiger partial charge in [-0.1, -0.05) is 31.5 Å². The van der Waals surface area contributed by atoms with Crippen molar-refractivity contribution in [2.24, 2.45) is 0 Å². The third kappa shape index (κ3) is 3.84. The summed E-state index contributed by atoms with van der Waals surface area (Å²) in [6.07, 6.45) is 4.33. The molecule has 0 radical (unpaired) electrons. The first kappa shape index (κ1) is 14.6. The molecule has 0 aliphatic carbocycles. The fourth-order valence-corrected chi connectivity index (χ4v) is 2.34. The molecular formula is C16H22N2O2. The van der Waals surface area contributed by atoms with Gasteiger partial charge in [0, 0.05) is 30.1 Å². The highest BCUT2D eigenvalue weighted by Gasteiger charge is 2.08. The molecule has 0 aliphatic rings. The Morgan fingerprint density at radius 3 is 3.00 bits per heavy atom. The van der Waals surface area contributed by atoms with Gasteiger partial charge in [0.05, 0.1) is 6.10 Å². The van der Waals surface area contributed by atoms with Crippen molar-refractivity contribution in [3.8, 4) is 0 Å². The largest absolute Gasteiger partial charge is 0.391 e. The van der Waals surface area contributed by atoms with Crippen LogP contribution in [0.15, 0.2) is 30.5 Å². The van der Waals surface area contributed by atoms with E-state index in [2.05, 4.69) is 16.4 Å². The number of rotatable bonds is 7. The molecule has 0 bridgehead atoms. The van der Waals surface area contributed by atoms with Gasteiger partial charge in [0.1, 0.15) is 0 Å². The van der Waals surface area contributed by atoms with Gasteiger partial charge in [-0.05, 0) is 24.5 Å². The van der Waals surface area contributed by atoms with Crippen LogP contribution < -0.4 is 5.32 Å². The van der Waals surface area contributed by atoms with Gasteiger partial charge in [-0.15, -0.1) is 0 Å². The second kappa shape index (κ2) is 7.10. The number of aliphatic hydroxyl groups is 1. The summed E-state index contributed by atoms with van der Waals surface area (Å²) in [7, 11) is 0. The quantitative estimate of drug-likeness (QED) is 0.725. The number of aliphatic hydroxyl groups excluding tert-OH is 1. The molecule has 4 nitrogen and oxygen atoms in total. The molecule has 1 aromatic heterocycles. The monoisotopic (exact) mass is 274 g/mol. The molecule has 0 saturated carbocycles. The highest BCUT2D eigenvalue weighted by molar-refractivity contribution is 5.84. The zero-order valence-electron chi connectivity index (χ0n) is 11.9. The van der Waals surface area contributed by atoms with E-state index in [1.54, 1.807) is 0 Å². The molecular weight excluding hydrogens is 252 g/mol. The number of aromatic nitrogens is 1. The Labute approximate surface area is 119 Å². The van der Waals surface area contributed by atoms with Crippen molar-refractivity contribution < 1.29 is 9.90 Å². The van der Waals surface area contributed by atoms with E-state index in [1.807, 2.05) is 31.3 Å². The number of carbonyl (C=O) groups is 1. The first-order valence-electron chi connectivity index (χ1n) is 7.20. The zero-order valence-corrected chi connectivity index (χ0v) is 11.9. The Hall–Kier alpha value is -1.81. The molecule has 2 rings (SSSR count). The predicted molar refractivity (Wildman–Crippen MR) is 80.5 cm³/mol. The van der Waals surface area contributed by atoms with Crippen molar-refractivity contribution in [3.05, 3.63) is 36.0 Å². The Balaban J connectivity index is 1.81. The molecule has 0 fully saturated rings. The van der Waals surface area contributed by atoms with Crippen LogP contribution in [-0.4, -0.2) is 28.6 Å². The second-order valence-electron chi connectivity index (χ2n) is 5.11. The number of nitrogens with one attached hydrogen (secondary N) is 2. The van der Waals surface area contributed by atoms with Crippen LogP contribution in [-0.2, 0) is 11.2 Å². The number of carbonyl (C=O) groups excluding carboxylic acids is 1. The zero-order chi connectivity index (χ0) is 14.4. The molecule has 0 spiro atoms. The van der Waals surface area contributed by atoms with E-state index >= 15 is 0 Å². The standard InChI is InChI=1S/C16H22N2O2/c1-2-5-13(19)11-18-16(20)9-8-12-10-17-15-7-4-3-6-14(12)15/h3-4,6-7,10,13,17,19H,2,5,8-9,11H2,1H3,(H,18,20). The Bertz CT molecular complexity index is 562. The Morgan fingerprint density at radius 1 is 1.40 bits per heavy atom. The molecule has 0 aliphatic heterocycles. The number of aryl methyl sites for hydroxylation is 1. The van der Waals surface area contributed by atoms with Gasteiger partial charge < -0.3 is 15.4 Å².